The number of halogens is 1. The largest absolute Gasteiger partial charge is 0.373 e. The van der Waals surface area contributed by atoms with E-state index in [0.717, 1.165) is 23.5 Å². The molecule has 1 nitrogen and oxygen atoms in total. The first-order valence-corrected chi connectivity index (χ1v) is 7.06. The molecule has 0 N–H and O–H groups in total. The molecule has 0 bridgehead atoms. The summed E-state index contributed by atoms with van der Waals surface area (Å²) in [5.74, 6) is 1.66. The third kappa shape index (κ3) is 3.02. The molecule has 0 radical (unpaired) electrons. The van der Waals surface area contributed by atoms with Gasteiger partial charge in [-0.25, -0.2) is 0 Å². The smallest absolute Gasteiger partial charge is 0.0812 e. The minimum atomic E-state index is 0.604. The topological polar surface area (TPSA) is 12.5 Å². The standard InChI is InChI=1S/C15H19ClO/c16-14-7-5-13(6-8-14)12-3-1-11(2-4-12)9-15-10-17-15/h5-8,11-12,15H,1-4,9-10H2. The zero-order valence-electron chi connectivity index (χ0n) is 10.1. The molecule has 1 heterocycles. The first-order valence-electron chi connectivity index (χ1n) is 6.68. The van der Waals surface area contributed by atoms with Crippen LogP contribution in [0.2, 0.25) is 5.02 Å². The molecule has 1 aromatic rings. The fourth-order valence-corrected chi connectivity index (χ4v) is 3.17. The van der Waals surface area contributed by atoms with Gasteiger partial charge in [0.25, 0.3) is 0 Å². The molecule has 1 saturated carbocycles. The molecule has 2 heteroatoms. The molecule has 0 aromatic heterocycles. The Bertz CT molecular complexity index is 361. The maximum atomic E-state index is 5.92. The lowest BCUT2D eigenvalue weighted by molar-refractivity contribution is 0.276. The molecule has 1 aliphatic carbocycles. The van der Waals surface area contributed by atoms with Crippen molar-refractivity contribution in [1.29, 1.82) is 0 Å². The Kier molecular flexibility index (Phi) is 3.39. The zero-order valence-corrected chi connectivity index (χ0v) is 10.8. The van der Waals surface area contributed by atoms with Gasteiger partial charge >= 0.3 is 0 Å². The van der Waals surface area contributed by atoms with E-state index in [1.165, 1.54) is 37.7 Å². The van der Waals surface area contributed by atoms with Crippen molar-refractivity contribution in [2.75, 3.05) is 6.61 Å². The Balaban J connectivity index is 1.54. The number of epoxide rings is 1. The van der Waals surface area contributed by atoms with Gasteiger partial charge in [-0.3, -0.25) is 0 Å². The van der Waals surface area contributed by atoms with Gasteiger partial charge in [0.2, 0.25) is 0 Å². The van der Waals surface area contributed by atoms with Crippen molar-refractivity contribution < 1.29 is 4.74 Å². The first-order chi connectivity index (χ1) is 8.31. The number of hydrogen-bond acceptors (Lipinski definition) is 1. The summed E-state index contributed by atoms with van der Waals surface area (Å²) in [6.45, 7) is 1.01. The van der Waals surface area contributed by atoms with Gasteiger partial charge in [-0.15, -0.1) is 0 Å². The number of benzene rings is 1. The average molecular weight is 251 g/mol. The second-order valence-electron chi connectivity index (χ2n) is 5.46. The number of hydrogen-bond donors (Lipinski definition) is 0. The molecule has 1 unspecified atom stereocenters. The van der Waals surface area contributed by atoms with Gasteiger partial charge in [0.05, 0.1) is 12.7 Å². The van der Waals surface area contributed by atoms with Gasteiger partial charge in [-0.05, 0) is 61.6 Å². The summed E-state index contributed by atoms with van der Waals surface area (Å²) in [7, 11) is 0. The monoisotopic (exact) mass is 250 g/mol. The van der Waals surface area contributed by atoms with E-state index in [0.29, 0.717) is 6.10 Å². The van der Waals surface area contributed by atoms with E-state index < -0.39 is 0 Å². The molecular weight excluding hydrogens is 232 g/mol. The highest BCUT2D eigenvalue weighted by Crippen LogP contribution is 2.39. The molecule has 1 aliphatic heterocycles. The maximum absolute atomic E-state index is 5.92. The van der Waals surface area contributed by atoms with Crippen molar-refractivity contribution in [1.82, 2.24) is 0 Å². The van der Waals surface area contributed by atoms with E-state index in [1.807, 2.05) is 12.1 Å². The van der Waals surface area contributed by atoms with Crippen LogP contribution in [0.3, 0.4) is 0 Å². The molecule has 0 amide bonds. The zero-order chi connectivity index (χ0) is 11.7. The predicted octanol–water partition coefficient (Wildman–Crippen LogP) is 4.40. The van der Waals surface area contributed by atoms with Crippen LogP contribution in [-0.2, 0) is 4.74 Å². The number of rotatable bonds is 3. The highest BCUT2D eigenvalue weighted by Gasteiger charge is 2.29. The predicted molar refractivity (Wildman–Crippen MR) is 70.5 cm³/mol. The molecule has 2 aliphatic rings. The Morgan fingerprint density at radius 3 is 2.29 bits per heavy atom. The van der Waals surface area contributed by atoms with Gasteiger partial charge in [0.1, 0.15) is 0 Å². The molecule has 92 valence electrons. The lowest BCUT2D eigenvalue weighted by Gasteiger charge is -2.28. The Hall–Kier alpha value is -0.530. The van der Waals surface area contributed by atoms with Crippen LogP contribution in [0.5, 0.6) is 0 Å². The van der Waals surface area contributed by atoms with Gasteiger partial charge in [0, 0.05) is 5.02 Å². The van der Waals surface area contributed by atoms with Crippen LogP contribution in [0.1, 0.15) is 43.6 Å². The van der Waals surface area contributed by atoms with Crippen molar-refractivity contribution in [2.45, 2.75) is 44.1 Å². The molecule has 3 rings (SSSR count). The lowest BCUT2D eigenvalue weighted by Crippen LogP contribution is -2.14. The quantitative estimate of drug-likeness (QED) is 0.725. The second-order valence-corrected chi connectivity index (χ2v) is 5.90. The van der Waals surface area contributed by atoms with Gasteiger partial charge < -0.3 is 4.74 Å². The molecule has 1 saturated heterocycles. The van der Waals surface area contributed by atoms with Crippen LogP contribution < -0.4 is 0 Å². The van der Waals surface area contributed by atoms with E-state index in [4.69, 9.17) is 16.3 Å². The summed E-state index contributed by atoms with van der Waals surface area (Å²) in [5, 5.41) is 0.841. The minimum absolute atomic E-state index is 0.604. The summed E-state index contributed by atoms with van der Waals surface area (Å²) in [5.41, 5.74) is 1.47. The van der Waals surface area contributed by atoms with Crippen molar-refractivity contribution in [3.63, 3.8) is 0 Å². The third-order valence-corrected chi connectivity index (χ3v) is 4.44. The summed E-state index contributed by atoms with van der Waals surface area (Å²) in [4.78, 5) is 0. The van der Waals surface area contributed by atoms with Crippen LogP contribution in [0.25, 0.3) is 0 Å². The lowest BCUT2D eigenvalue weighted by atomic mass is 9.77. The van der Waals surface area contributed by atoms with Crippen molar-refractivity contribution >= 4 is 11.6 Å². The Morgan fingerprint density at radius 2 is 1.71 bits per heavy atom. The van der Waals surface area contributed by atoms with E-state index >= 15 is 0 Å². The van der Waals surface area contributed by atoms with Crippen LogP contribution >= 0.6 is 11.6 Å². The maximum Gasteiger partial charge on any atom is 0.0812 e. The first kappa shape index (κ1) is 11.6. The molecular formula is C15H19ClO. The molecule has 17 heavy (non-hydrogen) atoms. The number of ether oxygens (including phenoxy) is 1. The van der Waals surface area contributed by atoms with Crippen LogP contribution in [-0.4, -0.2) is 12.7 Å². The summed E-state index contributed by atoms with van der Waals surface area (Å²) in [6.07, 6.45) is 7.30. The van der Waals surface area contributed by atoms with Gasteiger partial charge in [0.15, 0.2) is 0 Å². The van der Waals surface area contributed by atoms with E-state index in [-0.39, 0.29) is 0 Å². The average Bonchev–Trinajstić information content (AvgIpc) is 3.15. The molecule has 1 atom stereocenters. The molecule has 0 spiro atoms. The Labute approximate surface area is 108 Å². The molecule has 1 aromatic carbocycles. The second kappa shape index (κ2) is 4.99. The fraction of sp³-hybridized carbons (Fsp3) is 0.600. The normalized spacial score (nSPS) is 32.4. The Morgan fingerprint density at radius 1 is 1.06 bits per heavy atom. The van der Waals surface area contributed by atoms with Crippen LogP contribution in [0, 0.1) is 5.92 Å². The van der Waals surface area contributed by atoms with E-state index in [2.05, 4.69) is 12.1 Å². The fourth-order valence-electron chi connectivity index (χ4n) is 3.04. The summed E-state index contributed by atoms with van der Waals surface area (Å²) in [6, 6.07) is 8.41. The van der Waals surface area contributed by atoms with Gasteiger partial charge in [-0.1, -0.05) is 23.7 Å². The minimum Gasteiger partial charge on any atom is -0.373 e. The van der Waals surface area contributed by atoms with Crippen molar-refractivity contribution in [2.24, 2.45) is 5.92 Å². The SMILES string of the molecule is Clc1ccc(C2CCC(CC3CO3)CC2)cc1. The van der Waals surface area contributed by atoms with Crippen molar-refractivity contribution in [3.8, 4) is 0 Å². The van der Waals surface area contributed by atoms with Gasteiger partial charge in [-0.2, -0.15) is 0 Å². The van der Waals surface area contributed by atoms with E-state index in [9.17, 15) is 0 Å². The van der Waals surface area contributed by atoms with Crippen LogP contribution in [0.4, 0.5) is 0 Å². The highest BCUT2D eigenvalue weighted by molar-refractivity contribution is 6.30. The summed E-state index contributed by atoms with van der Waals surface area (Å²) >= 11 is 5.92. The summed E-state index contributed by atoms with van der Waals surface area (Å²) < 4.78 is 5.32. The third-order valence-electron chi connectivity index (χ3n) is 4.19. The molecule has 2 fully saturated rings. The highest BCUT2D eigenvalue weighted by atomic mass is 35.5. The van der Waals surface area contributed by atoms with Crippen molar-refractivity contribution in [3.05, 3.63) is 34.9 Å². The van der Waals surface area contributed by atoms with Crippen LogP contribution in [0.15, 0.2) is 24.3 Å². The van der Waals surface area contributed by atoms with E-state index in [1.54, 1.807) is 0 Å².